The van der Waals surface area contributed by atoms with Crippen molar-refractivity contribution in [3.8, 4) is 17.2 Å². The van der Waals surface area contributed by atoms with Crippen LogP contribution in [0.3, 0.4) is 0 Å². The Morgan fingerprint density at radius 3 is 2.53 bits per heavy atom. The van der Waals surface area contributed by atoms with Gasteiger partial charge in [-0.1, -0.05) is 0 Å². The van der Waals surface area contributed by atoms with Crippen LogP contribution in [0.15, 0.2) is 61.1 Å². The van der Waals surface area contributed by atoms with Crippen molar-refractivity contribution in [3.05, 3.63) is 72.3 Å². The van der Waals surface area contributed by atoms with E-state index in [1.807, 2.05) is 18.2 Å². The lowest BCUT2D eigenvalue weighted by atomic mass is 9.92. The predicted molar refractivity (Wildman–Crippen MR) is 164 cm³/mol. The summed E-state index contributed by atoms with van der Waals surface area (Å²) >= 11 is 0. The number of carbonyl (C=O) groups is 2. The largest absolute Gasteiger partial charge is 0.487 e. The molecule has 2 amide bonds. The van der Waals surface area contributed by atoms with E-state index in [4.69, 9.17) is 14.2 Å². The number of anilines is 1. The Bertz CT molecular complexity index is 1560. The third-order valence-corrected chi connectivity index (χ3v) is 7.66. The molecule has 226 valence electrons. The van der Waals surface area contributed by atoms with Crippen molar-refractivity contribution in [2.45, 2.75) is 38.6 Å². The van der Waals surface area contributed by atoms with Crippen LogP contribution in [0.1, 0.15) is 48.7 Å². The van der Waals surface area contributed by atoms with Crippen molar-refractivity contribution in [3.63, 3.8) is 0 Å². The molecule has 0 unspecified atom stereocenters. The number of likely N-dealkylation sites (tertiary alicyclic amines) is 1. The number of nitrogens with one attached hydrogen (secondary N) is 2. The molecule has 2 N–H and O–H groups in total. The zero-order chi connectivity index (χ0) is 30.3. The molecule has 1 saturated heterocycles. The highest BCUT2D eigenvalue weighted by atomic mass is 16.5. The summed E-state index contributed by atoms with van der Waals surface area (Å²) in [5.74, 6) is 1.78. The first-order valence-electron chi connectivity index (χ1n) is 14.5. The van der Waals surface area contributed by atoms with E-state index in [2.05, 4.69) is 39.3 Å². The first-order valence-corrected chi connectivity index (χ1v) is 14.5. The molecule has 5 rings (SSSR count). The van der Waals surface area contributed by atoms with Gasteiger partial charge in [0.25, 0.3) is 5.91 Å². The standard InChI is InChI=1S/C32H38N6O5/c1-21(2)37-12-8-22(9-13-37)26-6-5-24(20-35-26)31(39)36-30-18-25(7-11-34-30)43-29-17-23-10-14-38(32(40)33-3)27(23)19-28(29)42-16-15-41-4/h5-7,10-11,14,17-22H,8-9,12-13,15-16H2,1-4H3,(H,33,40)(H,34,36,39). The Labute approximate surface area is 251 Å². The molecule has 1 aromatic carbocycles. The summed E-state index contributed by atoms with van der Waals surface area (Å²) in [6.45, 7) is 7.26. The lowest BCUT2D eigenvalue weighted by Crippen LogP contribution is -2.38. The van der Waals surface area contributed by atoms with E-state index >= 15 is 0 Å². The number of aromatic nitrogens is 3. The van der Waals surface area contributed by atoms with E-state index in [0.29, 0.717) is 59.3 Å². The predicted octanol–water partition coefficient (Wildman–Crippen LogP) is 5.28. The molecule has 1 aliphatic rings. The van der Waals surface area contributed by atoms with Gasteiger partial charge in [0.1, 0.15) is 18.2 Å². The van der Waals surface area contributed by atoms with Crippen LogP contribution in [0.4, 0.5) is 10.6 Å². The van der Waals surface area contributed by atoms with Crippen LogP contribution in [-0.4, -0.2) is 77.9 Å². The van der Waals surface area contributed by atoms with Crippen molar-refractivity contribution in [2.75, 3.05) is 45.8 Å². The van der Waals surface area contributed by atoms with E-state index in [0.717, 1.165) is 37.0 Å². The number of piperidine rings is 1. The number of benzene rings is 1. The zero-order valence-corrected chi connectivity index (χ0v) is 25.0. The highest BCUT2D eigenvalue weighted by Crippen LogP contribution is 2.37. The van der Waals surface area contributed by atoms with E-state index in [9.17, 15) is 9.59 Å². The van der Waals surface area contributed by atoms with Gasteiger partial charge in [0, 0.05) is 67.9 Å². The van der Waals surface area contributed by atoms with Gasteiger partial charge < -0.3 is 29.7 Å². The van der Waals surface area contributed by atoms with Gasteiger partial charge in [0.15, 0.2) is 11.5 Å². The summed E-state index contributed by atoms with van der Waals surface area (Å²) in [6.07, 6.45) is 7.01. The minimum Gasteiger partial charge on any atom is -0.487 e. The maximum atomic E-state index is 13.0. The van der Waals surface area contributed by atoms with Crippen LogP contribution >= 0.6 is 0 Å². The zero-order valence-electron chi connectivity index (χ0n) is 25.0. The van der Waals surface area contributed by atoms with Crippen LogP contribution in [0.2, 0.25) is 0 Å². The summed E-state index contributed by atoms with van der Waals surface area (Å²) in [4.78, 5) is 36.7. The summed E-state index contributed by atoms with van der Waals surface area (Å²) in [7, 11) is 3.17. The number of pyridine rings is 2. The molecular weight excluding hydrogens is 548 g/mol. The number of fused-ring (bicyclic) bond motifs is 1. The number of amides is 2. The molecule has 0 bridgehead atoms. The molecule has 1 aliphatic heterocycles. The van der Waals surface area contributed by atoms with E-state index in [1.54, 1.807) is 57.0 Å². The molecule has 11 heteroatoms. The molecule has 3 aromatic heterocycles. The molecule has 4 aromatic rings. The molecule has 11 nitrogen and oxygen atoms in total. The second kappa shape index (κ2) is 13.7. The van der Waals surface area contributed by atoms with Crippen molar-refractivity contribution in [1.82, 2.24) is 24.8 Å². The Morgan fingerprint density at radius 1 is 1.02 bits per heavy atom. The number of carbonyl (C=O) groups excluding carboxylic acids is 2. The van der Waals surface area contributed by atoms with Crippen molar-refractivity contribution >= 4 is 28.7 Å². The van der Waals surface area contributed by atoms with E-state index < -0.39 is 0 Å². The van der Waals surface area contributed by atoms with Crippen LogP contribution in [0.5, 0.6) is 17.2 Å². The fourth-order valence-electron chi connectivity index (χ4n) is 5.22. The summed E-state index contributed by atoms with van der Waals surface area (Å²) in [6, 6.07) is 12.8. The first kappa shape index (κ1) is 30.0. The van der Waals surface area contributed by atoms with Gasteiger partial charge in [-0.15, -0.1) is 0 Å². The monoisotopic (exact) mass is 586 g/mol. The van der Waals surface area contributed by atoms with Gasteiger partial charge in [-0.3, -0.25) is 14.3 Å². The van der Waals surface area contributed by atoms with Gasteiger partial charge >= 0.3 is 6.03 Å². The number of ether oxygens (including phenoxy) is 3. The third kappa shape index (κ3) is 7.12. The van der Waals surface area contributed by atoms with Crippen LogP contribution in [-0.2, 0) is 4.74 Å². The van der Waals surface area contributed by atoms with E-state index in [1.165, 1.54) is 4.57 Å². The summed E-state index contributed by atoms with van der Waals surface area (Å²) in [5.41, 5.74) is 2.15. The summed E-state index contributed by atoms with van der Waals surface area (Å²) < 4.78 is 18.7. The number of methoxy groups -OCH3 is 1. The maximum absolute atomic E-state index is 13.0. The average molecular weight is 587 g/mol. The molecule has 0 radical (unpaired) electrons. The smallest absolute Gasteiger partial charge is 0.325 e. The van der Waals surface area contributed by atoms with Crippen molar-refractivity contribution in [1.29, 1.82) is 0 Å². The van der Waals surface area contributed by atoms with Crippen molar-refractivity contribution in [2.24, 2.45) is 0 Å². The summed E-state index contributed by atoms with van der Waals surface area (Å²) in [5, 5.41) is 6.26. The van der Waals surface area contributed by atoms with Gasteiger partial charge in [0.05, 0.1) is 17.7 Å². The molecule has 0 spiro atoms. The Morgan fingerprint density at radius 2 is 1.84 bits per heavy atom. The van der Waals surface area contributed by atoms with Gasteiger partial charge in [-0.2, -0.15) is 0 Å². The topological polar surface area (TPSA) is 120 Å². The second-order valence-corrected chi connectivity index (χ2v) is 10.7. The molecule has 0 saturated carbocycles. The van der Waals surface area contributed by atoms with Crippen LogP contribution in [0, 0.1) is 0 Å². The fourth-order valence-corrected chi connectivity index (χ4v) is 5.22. The molecule has 0 aliphatic carbocycles. The number of hydrogen-bond donors (Lipinski definition) is 2. The molecular formula is C32H38N6O5. The van der Waals surface area contributed by atoms with Crippen LogP contribution in [0.25, 0.3) is 10.9 Å². The quantitative estimate of drug-likeness (QED) is 0.241. The second-order valence-electron chi connectivity index (χ2n) is 10.7. The lowest BCUT2D eigenvalue weighted by Gasteiger charge is -2.34. The first-order chi connectivity index (χ1) is 20.9. The number of hydrogen-bond acceptors (Lipinski definition) is 8. The Hall–Kier alpha value is -4.48. The molecule has 1 fully saturated rings. The minimum atomic E-state index is -0.307. The SMILES string of the molecule is CNC(=O)n1ccc2cc(Oc3ccnc(NC(=O)c4ccc(C5CCN(C(C)C)CC5)nc4)c3)c(OCCOC)cc21. The highest BCUT2D eigenvalue weighted by molar-refractivity contribution is 6.03. The average Bonchev–Trinajstić information content (AvgIpc) is 3.43. The molecule has 0 atom stereocenters. The number of rotatable bonds is 10. The normalized spacial score (nSPS) is 14.2. The van der Waals surface area contributed by atoms with Gasteiger partial charge in [0.2, 0.25) is 0 Å². The number of nitrogens with zero attached hydrogens (tertiary/aromatic N) is 4. The minimum absolute atomic E-state index is 0.266. The third-order valence-electron chi connectivity index (χ3n) is 7.66. The van der Waals surface area contributed by atoms with Gasteiger partial charge in [-0.25, -0.2) is 9.78 Å². The van der Waals surface area contributed by atoms with Crippen LogP contribution < -0.4 is 20.1 Å². The maximum Gasteiger partial charge on any atom is 0.325 e. The van der Waals surface area contributed by atoms with E-state index in [-0.39, 0.29) is 11.9 Å². The van der Waals surface area contributed by atoms with Crippen molar-refractivity contribution < 1.29 is 23.8 Å². The van der Waals surface area contributed by atoms with Gasteiger partial charge in [-0.05, 0) is 70.1 Å². The molecule has 43 heavy (non-hydrogen) atoms. The fraction of sp³-hybridized carbons (Fsp3) is 0.375. The molecule has 4 heterocycles. The highest BCUT2D eigenvalue weighted by Gasteiger charge is 2.23. The lowest BCUT2D eigenvalue weighted by molar-refractivity contribution is 0.102. The Kier molecular flexibility index (Phi) is 9.53. The Balaban J connectivity index is 1.28.